The van der Waals surface area contributed by atoms with Crippen LogP contribution in [0.25, 0.3) is 0 Å². The number of ether oxygens (including phenoxy) is 2. The molecule has 0 saturated heterocycles. The van der Waals surface area contributed by atoms with Crippen LogP contribution in [-0.2, 0) is 0 Å². The molecule has 3 N–H and O–H groups in total. The number of methoxy groups -OCH3 is 1. The molecule has 0 fully saturated rings. The first-order valence-electron chi connectivity index (χ1n) is 5.46. The van der Waals surface area contributed by atoms with Gasteiger partial charge in [0.25, 0.3) is 0 Å². The second-order valence-electron chi connectivity index (χ2n) is 3.61. The molecule has 8 heteroatoms. The molecule has 0 aliphatic rings. The van der Waals surface area contributed by atoms with Crippen molar-refractivity contribution >= 4 is 21.8 Å². The lowest BCUT2D eigenvalue weighted by Crippen LogP contribution is -2.15. The number of hydrogen-bond donors (Lipinski definition) is 2. The van der Waals surface area contributed by atoms with Crippen molar-refractivity contribution in [3.05, 3.63) is 40.6 Å². The van der Waals surface area contributed by atoms with Gasteiger partial charge in [-0.05, 0) is 40.2 Å². The van der Waals surface area contributed by atoms with Gasteiger partial charge in [-0.15, -0.1) is 0 Å². The number of nitrogens with two attached hydrogens (primary N) is 1. The maximum Gasteiger partial charge on any atom is 0.322 e. The van der Waals surface area contributed by atoms with Gasteiger partial charge >= 0.3 is 6.01 Å². The largest absolute Gasteiger partial charge is 0.497 e. The van der Waals surface area contributed by atoms with Crippen molar-refractivity contribution in [3.8, 4) is 17.5 Å². The summed E-state index contributed by atoms with van der Waals surface area (Å²) >= 11 is 3.36. The number of halogens is 1. The monoisotopic (exact) mass is 338 g/mol. The lowest BCUT2D eigenvalue weighted by atomic mass is 10.3. The summed E-state index contributed by atoms with van der Waals surface area (Å²) in [4.78, 5) is 7.98. The molecular weight excluding hydrogens is 328 g/mol. The Morgan fingerprint density at radius 2 is 2.20 bits per heavy atom. The van der Waals surface area contributed by atoms with Crippen molar-refractivity contribution in [3.63, 3.8) is 0 Å². The number of aromatic nitrogens is 2. The molecule has 0 unspecified atom stereocenters. The third kappa shape index (κ3) is 3.15. The van der Waals surface area contributed by atoms with E-state index in [0.29, 0.717) is 16.0 Å². The molecule has 0 amide bonds. The quantitative estimate of drug-likeness (QED) is 0.383. The van der Waals surface area contributed by atoms with E-state index in [0.717, 1.165) is 0 Å². The van der Waals surface area contributed by atoms with Gasteiger partial charge in [0.15, 0.2) is 5.84 Å². The minimum absolute atomic E-state index is 0.0833. The van der Waals surface area contributed by atoms with Gasteiger partial charge < -0.3 is 20.4 Å². The first kappa shape index (κ1) is 14.1. The Balaban J connectivity index is 2.26. The molecule has 2 rings (SSSR count). The second kappa shape index (κ2) is 6.20. The molecule has 0 saturated carbocycles. The van der Waals surface area contributed by atoms with Gasteiger partial charge in [-0.25, -0.2) is 4.98 Å². The molecule has 0 aliphatic carbocycles. The fourth-order valence-electron chi connectivity index (χ4n) is 1.37. The maximum atomic E-state index is 8.61. The Bertz CT molecular complexity index is 648. The van der Waals surface area contributed by atoms with Crippen LogP contribution < -0.4 is 15.2 Å². The molecule has 0 atom stereocenters. The summed E-state index contributed by atoms with van der Waals surface area (Å²) in [5.74, 6) is 1.09. The molecule has 0 bridgehead atoms. The Kier molecular flexibility index (Phi) is 4.36. The van der Waals surface area contributed by atoms with Crippen molar-refractivity contribution < 1.29 is 14.7 Å². The van der Waals surface area contributed by atoms with E-state index >= 15 is 0 Å². The topological polar surface area (TPSA) is 103 Å². The molecule has 20 heavy (non-hydrogen) atoms. The Hall–Kier alpha value is -2.35. The van der Waals surface area contributed by atoms with Gasteiger partial charge in [0.2, 0.25) is 0 Å². The average molecular weight is 339 g/mol. The molecule has 0 spiro atoms. The molecule has 0 radical (unpaired) electrons. The van der Waals surface area contributed by atoms with Gasteiger partial charge in [0.05, 0.1) is 11.6 Å². The van der Waals surface area contributed by atoms with Crippen LogP contribution in [0.3, 0.4) is 0 Å². The predicted octanol–water partition coefficient (Wildman–Crippen LogP) is 2.13. The maximum absolute atomic E-state index is 8.61. The molecule has 0 aliphatic heterocycles. The van der Waals surface area contributed by atoms with Crippen molar-refractivity contribution in [2.75, 3.05) is 7.11 Å². The van der Waals surface area contributed by atoms with Gasteiger partial charge in [-0.2, -0.15) is 4.98 Å². The number of rotatable bonds is 4. The van der Waals surface area contributed by atoms with E-state index in [1.165, 1.54) is 12.3 Å². The van der Waals surface area contributed by atoms with E-state index in [2.05, 4.69) is 31.1 Å². The highest BCUT2D eigenvalue weighted by Crippen LogP contribution is 2.31. The number of amidine groups is 1. The fraction of sp³-hybridized carbons (Fsp3) is 0.0833. The van der Waals surface area contributed by atoms with Crippen LogP contribution in [0.2, 0.25) is 0 Å². The van der Waals surface area contributed by atoms with Crippen LogP contribution >= 0.6 is 15.9 Å². The van der Waals surface area contributed by atoms with Crippen molar-refractivity contribution in [1.29, 1.82) is 0 Å². The molecule has 1 aromatic carbocycles. The van der Waals surface area contributed by atoms with Gasteiger partial charge in [-0.3, -0.25) is 0 Å². The van der Waals surface area contributed by atoms with E-state index in [1.807, 2.05) is 0 Å². The van der Waals surface area contributed by atoms with E-state index in [-0.39, 0.29) is 17.5 Å². The molecule has 104 valence electrons. The Labute approximate surface area is 123 Å². The summed E-state index contributed by atoms with van der Waals surface area (Å²) < 4.78 is 11.3. The van der Waals surface area contributed by atoms with E-state index in [9.17, 15) is 0 Å². The van der Waals surface area contributed by atoms with Gasteiger partial charge in [0, 0.05) is 6.20 Å². The summed E-state index contributed by atoms with van der Waals surface area (Å²) in [6.07, 6.45) is 1.45. The second-order valence-corrected chi connectivity index (χ2v) is 4.46. The highest BCUT2D eigenvalue weighted by molar-refractivity contribution is 9.10. The van der Waals surface area contributed by atoms with Crippen molar-refractivity contribution in [1.82, 2.24) is 9.97 Å². The van der Waals surface area contributed by atoms with Crippen LogP contribution in [0.15, 0.2) is 40.1 Å². The number of hydrogen-bond acceptors (Lipinski definition) is 6. The molecule has 2 aromatic rings. The highest BCUT2D eigenvalue weighted by atomic mass is 79.9. The number of benzene rings is 1. The van der Waals surface area contributed by atoms with Gasteiger partial charge in [0.1, 0.15) is 17.2 Å². The number of oxime groups is 1. The van der Waals surface area contributed by atoms with Crippen molar-refractivity contribution in [2.45, 2.75) is 0 Å². The van der Waals surface area contributed by atoms with E-state index < -0.39 is 0 Å². The third-order valence-electron chi connectivity index (χ3n) is 2.34. The Morgan fingerprint density at radius 1 is 1.40 bits per heavy atom. The summed E-state index contributed by atoms with van der Waals surface area (Å²) in [5.41, 5.74) is 5.72. The molecular formula is C12H11BrN4O3. The molecule has 1 aromatic heterocycles. The zero-order valence-electron chi connectivity index (χ0n) is 10.4. The van der Waals surface area contributed by atoms with Gasteiger partial charge in [-0.1, -0.05) is 5.16 Å². The summed E-state index contributed by atoms with van der Waals surface area (Å²) in [6, 6.07) is 6.80. The predicted molar refractivity (Wildman–Crippen MR) is 75.3 cm³/mol. The zero-order chi connectivity index (χ0) is 14.5. The standard InChI is InChI=1S/C12H11BrN4O3/c1-19-7-2-3-10(8(13)6-7)20-12-15-5-4-9(16-12)11(14)17-18/h2-6,18H,1H3,(H2,14,17). The normalized spacial score (nSPS) is 11.2. The fourth-order valence-corrected chi connectivity index (χ4v) is 1.81. The summed E-state index contributed by atoms with van der Waals surface area (Å²) in [7, 11) is 1.58. The summed E-state index contributed by atoms with van der Waals surface area (Å²) in [5, 5.41) is 11.5. The summed E-state index contributed by atoms with van der Waals surface area (Å²) in [6.45, 7) is 0. The van der Waals surface area contributed by atoms with Crippen LogP contribution in [0.1, 0.15) is 5.69 Å². The van der Waals surface area contributed by atoms with Crippen molar-refractivity contribution in [2.24, 2.45) is 10.9 Å². The molecule has 7 nitrogen and oxygen atoms in total. The van der Waals surface area contributed by atoms with Crippen LogP contribution in [0.4, 0.5) is 0 Å². The first-order valence-corrected chi connectivity index (χ1v) is 6.25. The van der Waals surface area contributed by atoms with Crippen LogP contribution in [0.5, 0.6) is 17.5 Å². The van der Waals surface area contributed by atoms with E-state index in [1.54, 1.807) is 25.3 Å². The van der Waals surface area contributed by atoms with Crippen LogP contribution in [-0.4, -0.2) is 28.1 Å². The lowest BCUT2D eigenvalue weighted by Gasteiger charge is -2.08. The van der Waals surface area contributed by atoms with E-state index in [4.69, 9.17) is 20.4 Å². The molecule has 1 heterocycles. The minimum Gasteiger partial charge on any atom is -0.497 e. The third-order valence-corrected chi connectivity index (χ3v) is 2.96. The SMILES string of the molecule is COc1ccc(Oc2nccc(/C(N)=N/O)n2)c(Br)c1. The zero-order valence-corrected chi connectivity index (χ0v) is 12.0. The number of nitrogens with zero attached hydrogens (tertiary/aromatic N) is 3. The van der Waals surface area contributed by atoms with Crippen LogP contribution in [0, 0.1) is 0 Å². The first-order chi connectivity index (χ1) is 9.63. The Morgan fingerprint density at radius 3 is 2.85 bits per heavy atom. The lowest BCUT2D eigenvalue weighted by molar-refractivity contribution is 0.318. The minimum atomic E-state index is -0.119. The average Bonchev–Trinajstić information content (AvgIpc) is 2.48. The smallest absolute Gasteiger partial charge is 0.322 e. The highest BCUT2D eigenvalue weighted by Gasteiger charge is 2.08.